The molecule has 3 fully saturated rings. The van der Waals surface area contributed by atoms with Crippen LogP contribution in [0.4, 0.5) is 0 Å². The molecular weight excluding hydrogens is 264 g/mol. The lowest BCUT2D eigenvalue weighted by atomic mass is 9.46. The molecule has 2 N–H and O–H groups in total. The molecule has 4 atom stereocenters. The number of likely N-dealkylation sites (tertiary alicyclic amines) is 1. The van der Waals surface area contributed by atoms with Gasteiger partial charge in [0, 0.05) is 43.2 Å². The highest BCUT2D eigenvalue weighted by Gasteiger charge is 2.66. The summed E-state index contributed by atoms with van der Waals surface area (Å²) in [4.78, 5) is 2.54. The van der Waals surface area contributed by atoms with Crippen LogP contribution in [0.15, 0.2) is 0 Å². The monoisotopic (exact) mass is 296 g/mol. The Bertz CT molecular complexity index is 372. The summed E-state index contributed by atoms with van der Waals surface area (Å²) in [5, 5.41) is 0. The molecule has 0 aromatic rings. The van der Waals surface area contributed by atoms with Crippen molar-refractivity contribution < 1.29 is 9.47 Å². The lowest BCUT2D eigenvalue weighted by Gasteiger charge is -2.67. The highest BCUT2D eigenvalue weighted by atomic mass is 16.5. The number of rotatable bonds is 4. The van der Waals surface area contributed by atoms with Gasteiger partial charge in [-0.1, -0.05) is 13.8 Å². The topological polar surface area (TPSA) is 47.7 Å². The Labute approximate surface area is 129 Å². The first-order valence-electron chi connectivity index (χ1n) is 8.73. The fourth-order valence-electron chi connectivity index (χ4n) is 4.89. The van der Waals surface area contributed by atoms with Crippen LogP contribution < -0.4 is 5.73 Å². The molecule has 0 amide bonds. The predicted octanol–water partition coefficient (Wildman–Crippen LogP) is 2.02. The van der Waals surface area contributed by atoms with Crippen molar-refractivity contribution in [2.24, 2.45) is 17.1 Å². The highest BCUT2D eigenvalue weighted by Crippen LogP contribution is 2.57. The van der Waals surface area contributed by atoms with Crippen LogP contribution >= 0.6 is 0 Å². The summed E-state index contributed by atoms with van der Waals surface area (Å²) >= 11 is 0. The first-order valence-corrected chi connectivity index (χ1v) is 8.73. The molecule has 0 aromatic heterocycles. The van der Waals surface area contributed by atoms with Gasteiger partial charge in [0.2, 0.25) is 0 Å². The van der Waals surface area contributed by atoms with Crippen molar-refractivity contribution >= 4 is 0 Å². The standard InChI is InChI=1S/C17H32N2O2/c1-4-20-13-7-5-9-19(11-13)12-17(18)14-8-6-10-21-15(14)16(17,2)3/h13-15H,4-12,18H2,1-3H3. The number of nitrogens with zero attached hydrogens (tertiary/aromatic N) is 1. The number of ether oxygens (including phenoxy) is 2. The van der Waals surface area contributed by atoms with Gasteiger partial charge < -0.3 is 15.2 Å². The molecule has 0 bridgehead atoms. The summed E-state index contributed by atoms with van der Waals surface area (Å²) in [6.07, 6.45) is 5.58. The molecule has 4 nitrogen and oxygen atoms in total. The van der Waals surface area contributed by atoms with Gasteiger partial charge >= 0.3 is 0 Å². The Morgan fingerprint density at radius 2 is 2.10 bits per heavy atom. The maximum atomic E-state index is 6.92. The van der Waals surface area contributed by atoms with Crippen molar-refractivity contribution in [2.45, 2.75) is 64.2 Å². The molecule has 21 heavy (non-hydrogen) atoms. The highest BCUT2D eigenvalue weighted by molar-refractivity contribution is 5.21. The SMILES string of the molecule is CCOC1CCCN(CC2(N)C3CCCOC3C2(C)C)C1. The zero-order valence-corrected chi connectivity index (χ0v) is 13.9. The van der Waals surface area contributed by atoms with Gasteiger partial charge in [-0.05, 0) is 39.2 Å². The maximum Gasteiger partial charge on any atom is 0.0702 e. The largest absolute Gasteiger partial charge is 0.377 e. The van der Waals surface area contributed by atoms with Crippen molar-refractivity contribution in [3.8, 4) is 0 Å². The van der Waals surface area contributed by atoms with Gasteiger partial charge in [-0.2, -0.15) is 0 Å². The first-order chi connectivity index (χ1) is 9.99. The molecule has 1 saturated carbocycles. The second kappa shape index (κ2) is 5.80. The number of fused-ring (bicyclic) bond motifs is 1. The minimum absolute atomic E-state index is 0.0800. The van der Waals surface area contributed by atoms with Crippen LogP contribution in [0, 0.1) is 11.3 Å². The molecule has 0 radical (unpaired) electrons. The lowest BCUT2D eigenvalue weighted by Crippen LogP contribution is -2.80. The Morgan fingerprint density at radius 1 is 1.29 bits per heavy atom. The molecule has 3 aliphatic rings. The number of piperidine rings is 1. The van der Waals surface area contributed by atoms with Crippen molar-refractivity contribution in [3.05, 3.63) is 0 Å². The van der Waals surface area contributed by atoms with E-state index >= 15 is 0 Å². The molecule has 2 aliphatic heterocycles. The predicted molar refractivity (Wildman–Crippen MR) is 84.3 cm³/mol. The molecule has 2 saturated heterocycles. The Morgan fingerprint density at radius 3 is 2.86 bits per heavy atom. The van der Waals surface area contributed by atoms with E-state index in [1.165, 1.54) is 19.3 Å². The molecule has 0 spiro atoms. The van der Waals surface area contributed by atoms with Crippen molar-refractivity contribution in [1.29, 1.82) is 0 Å². The summed E-state index contributed by atoms with van der Waals surface area (Å²) in [7, 11) is 0. The smallest absolute Gasteiger partial charge is 0.0702 e. The third-order valence-corrected chi connectivity index (χ3v) is 6.24. The molecule has 3 rings (SSSR count). The Hall–Kier alpha value is -0.160. The van der Waals surface area contributed by atoms with Crippen molar-refractivity contribution in [2.75, 3.05) is 32.8 Å². The van der Waals surface area contributed by atoms with Crippen molar-refractivity contribution in [3.63, 3.8) is 0 Å². The van der Waals surface area contributed by atoms with Gasteiger partial charge in [-0.25, -0.2) is 0 Å². The van der Waals surface area contributed by atoms with Gasteiger partial charge in [0.15, 0.2) is 0 Å². The molecule has 1 aliphatic carbocycles. The van der Waals surface area contributed by atoms with Crippen LogP contribution in [0.2, 0.25) is 0 Å². The zero-order valence-electron chi connectivity index (χ0n) is 13.9. The van der Waals surface area contributed by atoms with Crippen LogP contribution in [0.25, 0.3) is 0 Å². The molecule has 122 valence electrons. The normalized spacial score (nSPS) is 43.1. The minimum Gasteiger partial charge on any atom is -0.377 e. The fraction of sp³-hybridized carbons (Fsp3) is 1.00. The van der Waals surface area contributed by atoms with E-state index in [4.69, 9.17) is 15.2 Å². The van der Waals surface area contributed by atoms with E-state index in [-0.39, 0.29) is 11.0 Å². The second-order valence-corrected chi connectivity index (χ2v) is 7.76. The molecule has 4 unspecified atom stereocenters. The Balaban J connectivity index is 1.65. The van der Waals surface area contributed by atoms with E-state index < -0.39 is 0 Å². The third-order valence-electron chi connectivity index (χ3n) is 6.24. The number of hydrogen-bond donors (Lipinski definition) is 1. The van der Waals surface area contributed by atoms with Gasteiger partial charge in [-0.3, -0.25) is 4.90 Å². The Kier molecular flexibility index (Phi) is 4.34. The minimum atomic E-state index is -0.105. The average Bonchev–Trinajstić information content (AvgIpc) is 2.48. The van der Waals surface area contributed by atoms with E-state index in [9.17, 15) is 0 Å². The van der Waals surface area contributed by atoms with E-state index in [0.717, 1.165) is 39.3 Å². The van der Waals surface area contributed by atoms with Crippen LogP contribution in [0.3, 0.4) is 0 Å². The van der Waals surface area contributed by atoms with E-state index in [1.54, 1.807) is 0 Å². The van der Waals surface area contributed by atoms with E-state index in [2.05, 4.69) is 25.7 Å². The van der Waals surface area contributed by atoms with Gasteiger partial charge in [0.25, 0.3) is 0 Å². The first kappa shape index (κ1) is 15.7. The average molecular weight is 296 g/mol. The van der Waals surface area contributed by atoms with Gasteiger partial charge in [0.1, 0.15) is 0 Å². The van der Waals surface area contributed by atoms with Crippen molar-refractivity contribution in [1.82, 2.24) is 4.90 Å². The van der Waals surface area contributed by atoms with Crippen LogP contribution in [0.1, 0.15) is 46.5 Å². The molecule has 0 aromatic carbocycles. The molecular formula is C17H32N2O2. The van der Waals surface area contributed by atoms with E-state index in [1.807, 2.05) is 0 Å². The summed E-state index contributed by atoms with van der Waals surface area (Å²) in [6.45, 7) is 11.6. The zero-order chi connectivity index (χ0) is 15.1. The molecule has 2 heterocycles. The fourth-order valence-corrected chi connectivity index (χ4v) is 4.89. The summed E-state index contributed by atoms with van der Waals surface area (Å²) in [5.41, 5.74) is 6.90. The van der Waals surface area contributed by atoms with Gasteiger partial charge in [-0.15, -0.1) is 0 Å². The lowest BCUT2D eigenvalue weighted by molar-refractivity contribution is -0.233. The van der Waals surface area contributed by atoms with Crippen LogP contribution in [-0.2, 0) is 9.47 Å². The number of hydrogen-bond acceptors (Lipinski definition) is 4. The third kappa shape index (κ3) is 2.54. The van der Waals surface area contributed by atoms with E-state index in [0.29, 0.717) is 18.1 Å². The summed E-state index contributed by atoms with van der Waals surface area (Å²) < 4.78 is 11.8. The summed E-state index contributed by atoms with van der Waals surface area (Å²) in [5.74, 6) is 0.536. The molecule has 4 heteroatoms. The quantitative estimate of drug-likeness (QED) is 0.862. The second-order valence-electron chi connectivity index (χ2n) is 7.76. The number of nitrogens with two attached hydrogens (primary N) is 1. The maximum absolute atomic E-state index is 6.92. The van der Waals surface area contributed by atoms with Crippen LogP contribution in [0.5, 0.6) is 0 Å². The van der Waals surface area contributed by atoms with Crippen LogP contribution in [-0.4, -0.2) is 55.5 Å². The van der Waals surface area contributed by atoms with Gasteiger partial charge in [0.05, 0.1) is 12.2 Å². The summed E-state index contributed by atoms with van der Waals surface area (Å²) in [6, 6.07) is 0.